The topological polar surface area (TPSA) is 78.9 Å². The van der Waals surface area contributed by atoms with Gasteiger partial charge in [-0.2, -0.15) is 0 Å². The third-order valence-corrected chi connectivity index (χ3v) is 17.3. The van der Waals surface area contributed by atoms with E-state index < -0.39 is 6.10 Å². The van der Waals surface area contributed by atoms with Gasteiger partial charge in [0.25, 0.3) is 0 Å². The van der Waals surface area contributed by atoms with Crippen molar-refractivity contribution in [3.8, 4) is 0 Å². The van der Waals surface area contributed by atoms with Crippen molar-refractivity contribution in [2.45, 2.75) is 438 Å². The van der Waals surface area contributed by atoms with Crippen LogP contribution in [0.2, 0.25) is 0 Å². The molecule has 1 atom stereocenters. The van der Waals surface area contributed by atoms with Gasteiger partial charge < -0.3 is 14.2 Å². The number of carbonyl (C=O) groups is 3. The van der Waals surface area contributed by atoms with Crippen LogP contribution in [0.3, 0.4) is 0 Å². The quantitative estimate of drug-likeness (QED) is 0.0261. The molecule has 0 fully saturated rings. The van der Waals surface area contributed by atoms with E-state index in [1.807, 2.05) is 0 Å². The summed E-state index contributed by atoms with van der Waals surface area (Å²) in [5.74, 6) is -0.831. The van der Waals surface area contributed by atoms with Crippen molar-refractivity contribution in [2.75, 3.05) is 13.2 Å². The van der Waals surface area contributed by atoms with Crippen LogP contribution < -0.4 is 0 Å². The van der Waals surface area contributed by atoms with Gasteiger partial charge in [0.15, 0.2) is 6.10 Å². The Morgan fingerprint density at radius 2 is 0.407 bits per heavy atom. The molecular weight excluding hydrogens is 997 g/mol. The first-order chi connectivity index (χ1) is 40.0. The van der Waals surface area contributed by atoms with E-state index in [0.717, 1.165) is 57.8 Å². The molecule has 0 aliphatic heterocycles. The fourth-order valence-corrected chi connectivity index (χ4v) is 11.7. The lowest BCUT2D eigenvalue weighted by Gasteiger charge is -2.18. The Bertz CT molecular complexity index is 1260. The highest BCUT2D eigenvalue weighted by atomic mass is 16.6. The zero-order valence-corrected chi connectivity index (χ0v) is 55.4. The molecule has 0 aromatic heterocycles. The van der Waals surface area contributed by atoms with Crippen molar-refractivity contribution in [3.05, 3.63) is 12.2 Å². The molecule has 0 aliphatic carbocycles. The second-order valence-corrected chi connectivity index (χ2v) is 25.6. The second-order valence-electron chi connectivity index (χ2n) is 25.6. The summed E-state index contributed by atoms with van der Waals surface area (Å²) < 4.78 is 17.0. The summed E-state index contributed by atoms with van der Waals surface area (Å²) in [6.07, 6.45) is 85.4. The Hall–Kier alpha value is -1.85. The molecule has 0 aromatic carbocycles. The molecule has 6 nitrogen and oxygen atoms in total. The summed E-state index contributed by atoms with van der Waals surface area (Å²) in [7, 11) is 0. The number of unbranched alkanes of at least 4 members (excludes halogenated alkanes) is 57. The van der Waals surface area contributed by atoms with Gasteiger partial charge in [-0.3, -0.25) is 14.4 Å². The van der Waals surface area contributed by atoms with Gasteiger partial charge in [-0.15, -0.1) is 0 Å². The number of carbonyl (C=O) groups excluding carboxylic acids is 3. The molecule has 480 valence electrons. The molecule has 0 spiro atoms. The van der Waals surface area contributed by atoms with E-state index in [4.69, 9.17) is 14.2 Å². The molecule has 0 saturated heterocycles. The smallest absolute Gasteiger partial charge is 0.306 e. The van der Waals surface area contributed by atoms with Crippen molar-refractivity contribution in [1.29, 1.82) is 0 Å². The Morgan fingerprint density at radius 1 is 0.235 bits per heavy atom. The van der Waals surface area contributed by atoms with E-state index in [9.17, 15) is 14.4 Å². The minimum atomic E-state index is -0.769. The first-order valence-electron chi connectivity index (χ1n) is 37.2. The van der Waals surface area contributed by atoms with Gasteiger partial charge in [-0.25, -0.2) is 0 Å². The zero-order chi connectivity index (χ0) is 58.5. The Morgan fingerprint density at radius 3 is 0.617 bits per heavy atom. The Labute approximate surface area is 507 Å². The largest absolute Gasteiger partial charge is 0.462 e. The van der Waals surface area contributed by atoms with Crippen molar-refractivity contribution in [2.24, 2.45) is 0 Å². The Balaban J connectivity index is 4.18. The van der Waals surface area contributed by atoms with E-state index in [-0.39, 0.29) is 31.1 Å². The second kappa shape index (κ2) is 70.6. The summed E-state index contributed by atoms with van der Waals surface area (Å²) in [5, 5.41) is 0. The molecule has 81 heavy (non-hydrogen) atoms. The van der Waals surface area contributed by atoms with Gasteiger partial charge in [0, 0.05) is 19.3 Å². The molecule has 1 unspecified atom stereocenters. The molecule has 0 heterocycles. The van der Waals surface area contributed by atoms with Crippen LogP contribution >= 0.6 is 0 Å². The maximum atomic E-state index is 13.0. The fourth-order valence-electron chi connectivity index (χ4n) is 11.7. The monoisotopic (exact) mass is 1140 g/mol. The van der Waals surface area contributed by atoms with Crippen LogP contribution in [0.25, 0.3) is 0 Å². The summed E-state index contributed by atoms with van der Waals surface area (Å²) in [4.78, 5) is 38.5. The third-order valence-electron chi connectivity index (χ3n) is 17.3. The molecule has 0 aliphatic rings. The van der Waals surface area contributed by atoms with Gasteiger partial charge >= 0.3 is 17.9 Å². The number of esters is 3. The van der Waals surface area contributed by atoms with E-state index in [1.165, 1.54) is 334 Å². The van der Waals surface area contributed by atoms with Crippen LogP contribution in [0.15, 0.2) is 12.2 Å². The molecule has 0 bridgehead atoms. The zero-order valence-electron chi connectivity index (χ0n) is 55.4. The third kappa shape index (κ3) is 68.8. The molecule has 0 radical (unpaired) electrons. The number of rotatable bonds is 70. The lowest BCUT2D eigenvalue weighted by molar-refractivity contribution is -0.167. The van der Waals surface area contributed by atoms with Gasteiger partial charge in [-0.1, -0.05) is 380 Å². The molecule has 0 rings (SSSR count). The van der Waals surface area contributed by atoms with Crippen molar-refractivity contribution >= 4 is 17.9 Å². The van der Waals surface area contributed by atoms with E-state index >= 15 is 0 Å². The van der Waals surface area contributed by atoms with Gasteiger partial charge in [0.1, 0.15) is 13.2 Å². The van der Waals surface area contributed by atoms with E-state index in [2.05, 4.69) is 32.9 Å². The number of hydrogen-bond donors (Lipinski definition) is 0. The highest BCUT2D eigenvalue weighted by Gasteiger charge is 2.20. The molecule has 6 heteroatoms. The highest BCUT2D eigenvalue weighted by molar-refractivity contribution is 5.71. The van der Waals surface area contributed by atoms with E-state index in [0.29, 0.717) is 19.3 Å². The first kappa shape index (κ1) is 79.2. The molecule has 0 amide bonds. The summed E-state index contributed by atoms with van der Waals surface area (Å²) in [6, 6.07) is 0. The lowest BCUT2D eigenvalue weighted by atomic mass is 10.0. The van der Waals surface area contributed by atoms with Crippen LogP contribution in [0.4, 0.5) is 0 Å². The normalized spacial score (nSPS) is 12.0. The number of hydrogen-bond acceptors (Lipinski definition) is 6. The molecular formula is C75H144O6. The average Bonchev–Trinajstić information content (AvgIpc) is 3.47. The fraction of sp³-hybridized carbons (Fsp3) is 0.933. The minimum absolute atomic E-state index is 0.0647. The van der Waals surface area contributed by atoms with Gasteiger partial charge in [0.05, 0.1) is 0 Å². The molecule has 0 saturated carbocycles. The number of ether oxygens (including phenoxy) is 3. The van der Waals surface area contributed by atoms with Crippen LogP contribution in [-0.2, 0) is 28.6 Å². The standard InChI is InChI=1S/C75H144O6/c1-4-7-10-13-16-19-22-25-28-31-32-33-34-35-36-37-38-39-40-41-42-45-47-50-53-56-59-62-65-68-74(77)80-71-72(81-75(78)69-66-63-60-57-54-51-48-44-30-27-24-21-18-15-12-9-6-3)70-79-73(76)67-64-61-58-55-52-49-46-43-29-26-23-20-17-14-11-8-5-2/h27,30,72H,4-26,28-29,31-71H2,1-3H3/b30-27-. The van der Waals surface area contributed by atoms with Crippen LogP contribution in [0, 0.1) is 0 Å². The number of allylic oxidation sites excluding steroid dienone is 2. The average molecular weight is 1140 g/mol. The Kier molecular flexibility index (Phi) is 69.0. The van der Waals surface area contributed by atoms with Crippen LogP contribution in [-0.4, -0.2) is 37.2 Å². The van der Waals surface area contributed by atoms with Crippen molar-refractivity contribution < 1.29 is 28.6 Å². The summed E-state index contributed by atoms with van der Waals surface area (Å²) >= 11 is 0. The summed E-state index contributed by atoms with van der Waals surface area (Å²) in [6.45, 7) is 6.73. The minimum Gasteiger partial charge on any atom is -0.462 e. The van der Waals surface area contributed by atoms with Gasteiger partial charge in [0.2, 0.25) is 0 Å². The maximum Gasteiger partial charge on any atom is 0.306 e. The van der Waals surface area contributed by atoms with Gasteiger partial charge in [-0.05, 0) is 44.9 Å². The first-order valence-corrected chi connectivity index (χ1v) is 37.2. The predicted molar refractivity (Wildman–Crippen MR) is 353 cm³/mol. The highest BCUT2D eigenvalue weighted by Crippen LogP contribution is 2.20. The van der Waals surface area contributed by atoms with Crippen molar-refractivity contribution in [1.82, 2.24) is 0 Å². The van der Waals surface area contributed by atoms with Crippen molar-refractivity contribution in [3.63, 3.8) is 0 Å². The molecule has 0 aromatic rings. The lowest BCUT2D eigenvalue weighted by Crippen LogP contribution is -2.30. The van der Waals surface area contributed by atoms with Crippen LogP contribution in [0.5, 0.6) is 0 Å². The molecule has 0 N–H and O–H groups in total. The van der Waals surface area contributed by atoms with Crippen LogP contribution in [0.1, 0.15) is 432 Å². The summed E-state index contributed by atoms with van der Waals surface area (Å²) in [5.41, 5.74) is 0. The maximum absolute atomic E-state index is 13.0. The SMILES string of the molecule is CCCCCCCC/C=C\CCCCCCCCCC(=O)OC(COC(=O)CCCCCCCCCCCCCCCCCCC)COC(=O)CCCCCCCCCCCCCCCCCCCCCCCCCCCCCCC. The predicted octanol–water partition coefficient (Wildman–Crippen LogP) is 25.6. The van der Waals surface area contributed by atoms with E-state index in [1.54, 1.807) is 0 Å².